The SMILES string of the molecule is CCOc1ccc(C(=O)N2CCCC(Cc3nc(-c4ccccc4C)no3)C2)cn1. The molecular formula is C23H26N4O3. The minimum atomic E-state index is 0.00127. The molecule has 1 aliphatic rings. The predicted octanol–water partition coefficient (Wildman–Crippen LogP) is 3.93. The normalized spacial score (nSPS) is 16.5. The minimum absolute atomic E-state index is 0.00127. The second kappa shape index (κ2) is 9.07. The molecule has 3 aromatic rings. The first-order chi connectivity index (χ1) is 14.6. The van der Waals surface area contributed by atoms with E-state index >= 15 is 0 Å². The van der Waals surface area contributed by atoms with E-state index < -0.39 is 0 Å². The van der Waals surface area contributed by atoms with Crippen molar-refractivity contribution in [2.45, 2.75) is 33.1 Å². The third-order valence-electron chi connectivity index (χ3n) is 5.40. The first-order valence-corrected chi connectivity index (χ1v) is 10.4. The number of nitrogens with zero attached hydrogens (tertiary/aromatic N) is 4. The number of piperidine rings is 1. The summed E-state index contributed by atoms with van der Waals surface area (Å²) in [4.78, 5) is 23.6. The van der Waals surface area contributed by atoms with Crippen molar-refractivity contribution in [3.05, 3.63) is 59.6 Å². The fraction of sp³-hybridized carbons (Fsp3) is 0.391. The first-order valence-electron chi connectivity index (χ1n) is 10.4. The summed E-state index contributed by atoms with van der Waals surface area (Å²) in [6.07, 6.45) is 4.25. The van der Waals surface area contributed by atoms with Crippen LogP contribution in [0.4, 0.5) is 0 Å². The Morgan fingerprint density at radius 1 is 1.27 bits per heavy atom. The fourth-order valence-electron chi connectivity index (χ4n) is 3.86. The summed E-state index contributed by atoms with van der Waals surface area (Å²) in [5.74, 6) is 2.07. The quantitative estimate of drug-likeness (QED) is 0.617. The van der Waals surface area contributed by atoms with E-state index in [1.807, 2.05) is 43.0 Å². The molecule has 7 heteroatoms. The van der Waals surface area contributed by atoms with Crippen LogP contribution in [-0.4, -0.2) is 45.6 Å². The van der Waals surface area contributed by atoms with E-state index in [1.54, 1.807) is 18.3 Å². The number of aromatic nitrogens is 3. The number of carbonyl (C=O) groups is 1. The lowest BCUT2D eigenvalue weighted by Crippen LogP contribution is -2.40. The van der Waals surface area contributed by atoms with Crippen LogP contribution in [0, 0.1) is 12.8 Å². The standard InChI is InChI=1S/C23H26N4O3/c1-3-29-20-11-10-18(14-24-20)23(28)27-12-6-8-17(15-27)13-21-25-22(26-30-21)19-9-5-4-7-16(19)2/h4-5,7,9-11,14,17H,3,6,8,12-13,15H2,1-2H3. The van der Waals surface area contributed by atoms with E-state index in [1.165, 1.54) is 0 Å². The average molecular weight is 406 g/mol. The minimum Gasteiger partial charge on any atom is -0.478 e. The van der Waals surface area contributed by atoms with Crippen LogP contribution in [-0.2, 0) is 6.42 Å². The van der Waals surface area contributed by atoms with Gasteiger partial charge >= 0.3 is 0 Å². The van der Waals surface area contributed by atoms with Gasteiger partial charge in [0, 0.05) is 37.3 Å². The highest BCUT2D eigenvalue weighted by Gasteiger charge is 2.26. The van der Waals surface area contributed by atoms with Gasteiger partial charge in [0.15, 0.2) is 0 Å². The number of rotatable bonds is 6. The van der Waals surface area contributed by atoms with Gasteiger partial charge in [-0.2, -0.15) is 4.98 Å². The molecule has 4 rings (SSSR count). The number of ether oxygens (including phenoxy) is 1. The number of benzene rings is 1. The number of hydrogen-bond acceptors (Lipinski definition) is 6. The second-order valence-corrected chi connectivity index (χ2v) is 7.61. The number of pyridine rings is 1. The Morgan fingerprint density at radius 3 is 2.90 bits per heavy atom. The van der Waals surface area contributed by atoms with Crippen LogP contribution in [0.1, 0.15) is 41.6 Å². The van der Waals surface area contributed by atoms with E-state index in [2.05, 4.69) is 15.1 Å². The molecule has 0 radical (unpaired) electrons. The van der Waals surface area contributed by atoms with Crippen molar-refractivity contribution >= 4 is 5.91 Å². The van der Waals surface area contributed by atoms with Crippen molar-refractivity contribution < 1.29 is 14.1 Å². The molecule has 0 saturated carbocycles. The van der Waals surface area contributed by atoms with E-state index in [9.17, 15) is 4.79 Å². The second-order valence-electron chi connectivity index (χ2n) is 7.61. The third kappa shape index (κ3) is 4.50. The van der Waals surface area contributed by atoms with Crippen LogP contribution in [0.5, 0.6) is 5.88 Å². The van der Waals surface area contributed by atoms with Crippen LogP contribution >= 0.6 is 0 Å². The molecule has 1 unspecified atom stereocenters. The fourth-order valence-corrected chi connectivity index (χ4v) is 3.86. The monoisotopic (exact) mass is 406 g/mol. The summed E-state index contributed by atoms with van der Waals surface area (Å²) in [7, 11) is 0. The molecule has 1 fully saturated rings. The van der Waals surface area contributed by atoms with Crippen molar-refractivity contribution in [3.63, 3.8) is 0 Å². The molecule has 1 atom stereocenters. The average Bonchev–Trinajstić information content (AvgIpc) is 3.23. The topological polar surface area (TPSA) is 81.4 Å². The number of carbonyl (C=O) groups excluding carboxylic acids is 1. The largest absolute Gasteiger partial charge is 0.478 e. The summed E-state index contributed by atoms with van der Waals surface area (Å²) < 4.78 is 10.9. The smallest absolute Gasteiger partial charge is 0.255 e. The van der Waals surface area contributed by atoms with Gasteiger partial charge in [0.2, 0.25) is 17.6 Å². The van der Waals surface area contributed by atoms with Crippen molar-refractivity contribution in [2.75, 3.05) is 19.7 Å². The molecule has 0 spiro atoms. The van der Waals surface area contributed by atoms with Gasteiger partial charge in [-0.1, -0.05) is 29.4 Å². The van der Waals surface area contributed by atoms with Gasteiger partial charge in [0.25, 0.3) is 5.91 Å². The molecule has 0 bridgehead atoms. The van der Waals surface area contributed by atoms with Gasteiger partial charge in [0.05, 0.1) is 12.2 Å². The molecule has 30 heavy (non-hydrogen) atoms. The number of likely N-dealkylation sites (tertiary alicyclic amines) is 1. The Kier molecular flexibility index (Phi) is 6.07. The van der Waals surface area contributed by atoms with E-state index in [0.29, 0.717) is 48.6 Å². The molecule has 2 aromatic heterocycles. The third-order valence-corrected chi connectivity index (χ3v) is 5.40. The van der Waals surface area contributed by atoms with Crippen LogP contribution in [0.2, 0.25) is 0 Å². The number of aryl methyl sites for hydroxylation is 1. The lowest BCUT2D eigenvalue weighted by Gasteiger charge is -2.32. The van der Waals surface area contributed by atoms with Gasteiger partial charge < -0.3 is 14.2 Å². The zero-order valence-corrected chi connectivity index (χ0v) is 17.4. The Hall–Kier alpha value is -3.22. The zero-order valence-electron chi connectivity index (χ0n) is 17.4. The van der Waals surface area contributed by atoms with Gasteiger partial charge in [-0.15, -0.1) is 0 Å². The Balaban J connectivity index is 1.39. The molecule has 1 aliphatic heterocycles. The maximum atomic E-state index is 12.9. The highest BCUT2D eigenvalue weighted by atomic mass is 16.5. The molecule has 0 aliphatic carbocycles. The molecule has 7 nitrogen and oxygen atoms in total. The Bertz CT molecular complexity index is 1000. The van der Waals surface area contributed by atoms with E-state index in [4.69, 9.17) is 9.26 Å². The Labute approximate surface area is 176 Å². The van der Waals surface area contributed by atoms with E-state index in [0.717, 1.165) is 30.5 Å². The lowest BCUT2D eigenvalue weighted by molar-refractivity contribution is 0.0667. The summed E-state index contributed by atoms with van der Waals surface area (Å²) in [6.45, 7) is 5.91. The van der Waals surface area contributed by atoms with Crippen molar-refractivity contribution in [1.82, 2.24) is 20.0 Å². The van der Waals surface area contributed by atoms with E-state index in [-0.39, 0.29) is 5.91 Å². The van der Waals surface area contributed by atoms with Crippen LogP contribution < -0.4 is 4.74 Å². The number of amides is 1. The van der Waals surface area contributed by atoms with Crippen LogP contribution in [0.15, 0.2) is 47.1 Å². The molecular weight excluding hydrogens is 380 g/mol. The molecule has 156 valence electrons. The highest BCUT2D eigenvalue weighted by Crippen LogP contribution is 2.24. The van der Waals surface area contributed by atoms with Gasteiger partial charge in [0.1, 0.15) is 0 Å². The summed E-state index contributed by atoms with van der Waals surface area (Å²) in [6, 6.07) is 11.5. The summed E-state index contributed by atoms with van der Waals surface area (Å²) in [5, 5.41) is 4.15. The highest BCUT2D eigenvalue weighted by molar-refractivity contribution is 5.94. The van der Waals surface area contributed by atoms with Crippen molar-refractivity contribution in [3.8, 4) is 17.3 Å². The molecule has 0 N–H and O–H groups in total. The van der Waals surface area contributed by atoms with Crippen molar-refractivity contribution in [1.29, 1.82) is 0 Å². The molecule has 3 heterocycles. The predicted molar refractivity (Wildman–Crippen MR) is 112 cm³/mol. The molecule has 1 aromatic carbocycles. The lowest BCUT2D eigenvalue weighted by atomic mass is 9.94. The van der Waals surface area contributed by atoms with Crippen LogP contribution in [0.3, 0.4) is 0 Å². The van der Waals surface area contributed by atoms with Gasteiger partial charge in [-0.3, -0.25) is 4.79 Å². The Morgan fingerprint density at radius 2 is 2.13 bits per heavy atom. The summed E-state index contributed by atoms with van der Waals surface area (Å²) in [5.41, 5.74) is 2.68. The first kappa shape index (κ1) is 20.1. The molecule has 1 saturated heterocycles. The summed E-state index contributed by atoms with van der Waals surface area (Å²) >= 11 is 0. The van der Waals surface area contributed by atoms with Crippen molar-refractivity contribution in [2.24, 2.45) is 5.92 Å². The van der Waals surface area contributed by atoms with Gasteiger partial charge in [-0.25, -0.2) is 4.98 Å². The maximum Gasteiger partial charge on any atom is 0.255 e. The van der Waals surface area contributed by atoms with Gasteiger partial charge in [-0.05, 0) is 44.2 Å². The maximum absolute atomic E-state index is 12.9. The number of hydrogen-bond donors (Lipinski definition) is 0. The van der Waals surface area contributed by atoms with Crippen LogP contribution in [0.25, 0.3) is 11.4 Å². The molecule has 1 amide bonds. The zero-order chi connectivity index (χ0) is 20.9.